The molecule has 1 aromatic carbocycles. The van der Waals surface area contributed by atoms with Crippen LogP contribution in [0.5, 0.6) is 0 Å². The van der Waals surface area contributed by atoms with E-state index in [9.17, 15) is 14.4 Å². The highest BCUT2D eigenvalue weighted by atomic mass is 16.2. The zero-order chi connectivity index (χ0) is 23.9. The van der Waals surface area contributed by atoms with Gasteiger partial charge in [0.1, 0.15) is 11.9 Å². The summed E-state index contributed by atoms with van der Waals surface area (Å²) in [4.78, 5) is 48.6. The van der Waals surface area contributed by atoms with Gasteiger partial charge in [0.25, 0.3) is 0 Å². The molecule has 0 saturated carbocycles. The molecule has 1 unspecified atom stereocenters. The van der Waals surface area contributed by atoms with Crippen molar-refractivity contribution in [2.75, 3.05) is 56.0 Å². The zero-order valence-electron chi connectivity index (χ0n) is 19.6. The lowest BCUT2D eigenvalue weighted by atomic mass is 10.1. The maximum Gasteiger partial charge on any atom is 0.243 e. The standard InChI is InChI=1S/C25H32N6O3/c1-2-19-6-8-20(9-7-19)28-23(32)17-21-25(34)27-11-12-31(21)24(33)18-29-13-15-30(16-14-29)22-5-3-4-10-26-22/h3-10,21H,2,11-18H2,1H3,(H,27,34)(H,28,32). The normalized spacial score (nSPS) is 19.0. The number of aromatic nitrogens is 1. The van der Waals surface area contributed by atoms with Gasteiger partial charge in [0.05, 0.1) is 13.0 Å². The average molecular weight is 465 g/mol. The van der Waals surface area contributed by atoms with Crippen LogP contribution in [0.3, 0.4) is 0 Å². The van der Waals surface area contributed by atoms with Crippen molar-refractivity contribution in [1.82, 2.24) is 20.1 Å². The lowest BCUT2D eigenvalue weighted by Crippen LogP contribution is -2.60. The Morgan fingerprint density at radius 3 is 2.50 bits per heavy atom. The molecule has 180 valence electrons. The minimum absolute atomic E-state index is 0.0689. The number of pyridine rings is 1. The quantitative estimate of drug-likeness (QED) is 0.638. The molecule has 3 heterocycles. The molecular weight excluding hydrogens is 432 g/mol. The van der Waals surface area contributed by atoms with Crippen LogP contribution in [-0.4, -0.2) is 84.4 Å². The lowest BCUT2D eigenvalue weighted by Gasteiger charge is -2.38. The van der Waals surface area contributed by atoms with Gasteiger partial charge < -0.3 is 20.4 Å². The van der Waals surface area contributed by atoms with E-state index >= 15 is 0 Å². The molecule has 34 heavy (non-hydrogen) atoms. The summed E-state index contributed by atoms with van der Waals surface area (Å²) in [6, 6.07) is 12.7. The van der Waals surface area contributed by atoms with E-state index in [1.54, 1.807) is 11.1 Å². The maximum absolute atomic E-state index is 13.1. The van der Waals surface area contributed by atoms with E-state index in [-0.39, 0.29) is 30.7 Å². The Bertz CT molecular complexity index is 989. The highest BCUT2D eigenvalue weighted by Crippen LogP contribution is 2.16. The first kappa shape index (κ1) is 23.7. The molecule has 2 saturated heterocycles. The number of nitrogens with one attached hydrogen (secondary N) is 2. The molecule has 2 fully saturated rings. The van der Waals surface area contributed by atoms with Gasteiger partial charge >= 0.3 is 0 Å². The summed E-state index contributed by atoms with van der Waals surface area (Å²) in [5.41, 5.74) is 1.87. The Labute approximate surface area is 200 Å². The van der Waals surface area contributed by atoms with Gasteiger partial charge in [-0.05, 0) is 36.2 Å². The minimum atomic E-state index is -0.800. The largest absolute Gasteiger partial charge is 0.354 e. The van der Waals surface area contributed by atoms with E-state index in [1.807, 2.05) is 42.5 Å². The van der Waals surface area contributed by atoms with E-state index in [1.165, 1.54) is 5.56 Å². The van der Waals surface area contributed by atoms with Crippen molar-refractivity contribution in [2.45, 2.75) is 25.8 Å². The molecular formula is C25H32N6O3. The number of hydrogen-bond donors (Lipinski definition) is 2. The van der Waals surface area contributed by atoms with Crippen LogP contribution in [0.25, 0.3) is 0 Å². The number of amides is 3. The van der Waals surface area contributed by atoms with Crippen LogP contribution in [0.1, 0.15) is 18.9 Å². The van der Waals surface area contributed by atoms with Crippen molar-refractivity contribution in [2.24, 2.45) is 0 Å². The van der Waals surface area contributed by atoms with Crippen molar-refractivity contribution < 1.29 is 14.4 Å². The third-order valence-corrected chi connectivity index (χ3v) is 6.38. The second-order valence-corrected chi connectivity index (χ2v) is 8.65. The van der Waals surface area contributed by atoms with Gasteiger partial charge in [-0.15, -0.1) is 0 Å². The first-order valence-corrected chi connectivity index (χ1v) is 11.9. The molecule has 4 rings (SSSR count). The van der Waals surface area contributed by atoms with E-state index in [0.29, 0.717) is 18.8 Å². The number of rotatable bonds is 7. The summed E-state index contributed by atoms with van der Waals surface area (Å²) < 4.78 is 0. The molecule has 2 aliphatic rings. The van der Waals surface area contributed by atoms with Crippen molar-refractivity contribution in [3.63, 3.8) is 0 Å². The van der Waals surface area contributed by atoms with Gasteiger partial charge in [-0.1, -0.05) is 25.1 Å². The van der Waals surface area contributed by atoms with Crippen LogP contribution in [0, 0.1) is 0 Å². The Kier molecular flexibility index (Phi) is 7.74. The zero-order valence-corrected chi connectivity index (χ0v) is 19.6. The summed E-state index contributed by atoms with van der Waals surface area (Å²) in [7, 11) is 0. The number of aryl methyl sites for hydroxylation is 1. The third-order valence-electron chi connectivity index (χ3n) is 6.38. The van der Waals surface area contributed by atoms with Gasteiger partial charge in [0, 0.05) is 51.2 Å². The van der Waals surface area contributed by atoms with Crippen molar-refractivity contribution in [1.29, 1.82) is 0 Å². The highest BCUT2D eigenvalue weighted by molar-refractivity contribution is 5.97. The van der Waals surface area contributed by atoms with Crippen molar-refractivity contribution in [3.05, 3.63) is 54.2 Å². The number of carbonyl (C=O) groups excluding carboxylic acids is 3. The number of hydrogen-bond acceptors (Lipinski definition) is 6. The molecule has 2 aliphatic heterocycles. The fourth-order valence-corrected chi connectivity index (χ4v) is 4.39. The number of nitrogens with zero attached hydrogens (tertiary/aromatic N) is 4. The number of piperazine rings is 2. The van der Waals surface area contributed by atoms with Crippen LogP contribution in [0.4, 0.5) is 11.5 Å². The van der Waals surface area contributed by atoms with E-state index in [2.05, 4.69) is 32.3 Å². The van der Waals surface area contributed by atoms with Crippen LogP contribution in [0.2, 0.25) is 0 Å². The molecule has 1 aromatic heterocycles. The predicted molar refractivity (Wildman–Crippen MR) is 130 cm³/mol. The molecule has 2 N–H and O–H groups in total. The van der Waals surface area contributed by atoms with Gasteiger partial charge in [-0.2, -0.15) is 0 Å². The molecule has 0 spiro atoms. The second kappa shape index (κ2) is 11.1. The summed E-state index contributed by atoms with van der Waals surface area (Å²) in [5.74, 6) is 0.256. The Hall–Kier alpha value is -3.46. The molecule has 2 aromatic rings. The first-order chi connectivity index (χ1) is 16.5. The number of benzene rings is 1. The Morgan fingerprint density at radius 2 is 1.82 bits per heavy atom. The van der Waals surface area contributed by atoms with Crippen LogP contribution in [0.15, 0.2) is 48.7 Å². The summed E-state index contributed by atoms with van der Waals surface area (Å²) in [5, 5.41) is 5.63. The van der Waals surface area contributed by atoms with E-state index in [4.69, 9.17) is 0 Å². The highest BCUT2D eigenvalue weighted by Gasteiger charge is 2.35. The SMILES string of the molecule is CCc1ccc(NC(=O)CC2C(=O)NCCN2C(=O)CN2CCN(c3ccccn3)CC2)cc1. The van der Waals surface area contributed by atoms with E-state index < -0.39 is 6.04 Å². The predicted octanol–water partition coefficient (Wildman–Crippen LogP) is 1.12. The van der Waals surface area contributed by atoms with Gasteiger partial charge in [-0.25, -0.2) is 4.98 Å². The fraction of sp³-hybridized carbons (Fsp3) is 0.440. The lowest BCUT2D eigenvalue weighted by molar-refractivity contribution is -0.145. The topological polar surface area (TPSA) is 97.9 Å². The average Bonchev–Trinajstić information content (AvgIpc) is 2.86. The molecule has 0 aliphatic carbocycles. The summed E-state index contributed by atoms with van der Waals surface area (Å²) in [6.45, 7) is 6.15. The smallest absolute Gasteiger partial charge is 0.243 e. The monoisotopic (exact) mass is 464 g/mol. The summed E-state index contributed by atoms with van der Waals surface area (Å²) >= 11 is 0. The second-order valence-electron chi connectivity index (χ2n) is 8.65. The molecule has 1 atom stereocenters. The van der Waals surface area contributed by atoms with E-state index in [0.717, 1.165) is 38.4 Å². The number of carbonyl (C=O) groups is 3. The molecule has 0 bridgehead atoms. The molecule has 9 heteroatoms. The van der Waals surface area contributed by atoms with Gasteiger partial charge in [0.2, 0.25) is 17.7 Å². The molecule has 3 amide bonds. The van der Waals surface area contributed by atoms with Crippen molar-refractivity contribution in [3.8, 4) is 0 Å². The summed E-state index contributed by atoms with van der Waals surface area (Å²) in [6.07, 6.45) is 2.63. The van der Waals surface area contributed by atoms with Gasteiger partial charge in [-0.3, -0.25) is 19.3 Å². The first-order valence-electron chi connectivity index (χ1n) is 11.9. The Morgan fingerprint density at radius 1 is 1.06 bits per heavy atom. The van der Waals surface area contributed by atoms with Crippen molar-refractivity contribution >= 4 is 29.2 Å². The third kappa shape index (κ3) is 5.91. The van der Waals surface area contributed by atoms with Crippen LogP contribution < -0.4 is 15.5 Å². The fourth-order valence-electron chi connectivity index (χ4n) is 4.39. The Balaban J connectivity index is 1.31. The minimum Gasteiger partial charge on any atom is -0.354 e. The van der Waals surface area contributed by atoms with Gasteiger partial charge in [0.15, 0.2) is 0 Å². The number of anilines is 2. The maximum atomic E-state index is 13.1. The van der Waals surface area contributed by atoms with Crippen LogP contribution >= 0.6 is 0 Å². The molecule has 0 radical (unpaired) electrons. The molecule has 9 nitrogen and oxygen atoms in total. The van der Waals surface area contributed by atoms with Crippen LogP contribution in [-0.2, 0) is 20.8 Å².